The Hall–Kier alpha value is -2.99. The molecular formula is C21H24O6. The number of phenolic OH excluding ortho intramolecular Hbond substituents is 4. The van der Waals surface area contributed by atoms with Gasteiger partial charge < -0.3 is 25.5 Å². The minimum Gasteiger partial charge on any atom is -0.504 e. The van der Waals surface area contributed by atoms with Gasteiger partial charge in [0.05, 0.1) is 6.10 Å². The van der Waals surface area contributed by atoms with Crippen molar-refractivity contribution in [3.8, 4) is 23.0 Å². The second-order valence-electron chi connectivity index (χ2n) is 6.45. The fourth-order valence-electron chi connectivity index (χ4n) is 2.65. The van der Waals surface area contributed by atoms with Crippen LogP contribution >= 0.6 is 0 Å². The van der Waals surface area contributed by atoms with E-state index < -0.39 is 6.10 Å². The lowest BCUT2D eigenvalue weighted by Gasteiger charge is -2.09. The van der Waals surface area contributed by atoms with Crippen molar-refractivity contribution in [2.45, 2.75) is 38.2 Å². The Morgan fingerprint density at radius 3 is 1.96 bits per heavy atom. The van der Waals surface area contributed by atoms with Gasteiger partial charge in [-0.1, -0.05) is 18.2 Å². The molecule has 0 saturated carbocycles. The summed E-state index contributed by atoms with van der Waals surface area (Å²) < 4.78 is 0. The third-order valence-electron chi connectivity index (χ3n) is 4.19. The standard InChI is InChI=1S/C21H24O6/c22-16(4-2-1-3-14-6-9-18(24)20(26)11-14)13-17(23)8-5-15-7-10-19(25)21(27)12-15/h2,4,6-7,9-12,17,23-27H,1,3,5,8,13H2/b4-2+. The van der Waals surface area contributed by atoms with E-state index >= 15 is 0 Å². The lowest BCUT2D eigenvalue weighted by atomic mass is 10.0. The Morgan fingerprint density at radius 1 is 0.852 bits per heavy atom. The lowest BCUT2D eigenvalue weighted by Crippen LogP contribution is -2.13. The number of hydrogen-bond donors (Lipinski definition) is 5. The quantitative estimate of drug-likeness (QED) is 0.341. The Balaban J connectivity index is 1.71. The molecule has 6 nitrogen and oxygen atoms in total. The molecule has 1 unspecified atom stereocenters. The molecule has 0 fully saturated rings. The number of carbonyl (C=O) groups excluding carboxylic acids is 1. The summed E-state index contributed by atoms with van der Waals surface area (Å²) >= 11 is 0. The summed E-state index contributed by atoms with van der Waals surface area (Å²) in [6, 6.07) is 9.09. The topological polar surface area (TPSA) is 118 Å². The van der Waals surface area contributed by atoms with Gasteiger partial charge in [0.25, 0.3) is 0 Å². The minimum atomic E-state index is -0.785. The Bertz CT molecular complexity index is 812. The van der Waals surface area contributed by atoms with Gasteiger partial charge in [0.2, 0.25) is 0 Å². The largest absolute Gasteiger partial charge is 0.504 e. The van der Waals surface area contributed by atoms with Crippen molar-refractivity contribution in [3.63, 3.8) is 0 Å². The van der Waals surface area contributed by atoms with Gasteiger partial charge in [-0.05, 0) is 67.2 Å². The highest BCUT2D eigenvalue weighted by Gasteiger charge is 2.10. The first-order chi connectivity index (χ1) is 12.8. The van der Waals surface area contributed by atoms with Crippen LogP contribution in [0.1, 0.15) is 30.4 Å². The summed E-state index contributed by atoms with van der Waals surface area (Å²) in [5.41, 5.74) is 1.61. The number of allylic oxidation sites excluding steroid dienone is 2. The molecule has 0 radical (unpaired) electrons. The zero-order chi connectivity index (χ0) is 19.8. The summed E-state index contributed by atoms with van der Waals surface area (Å²) in [5.74, 6) is -0.909. The van der Waals surface area contributed by atoms with Gasteiger partial charge in [0.15, 0.2) is 28.8 Å². The van der Waals surface area contributed by atoms with E-state index in [1.165, 1.54) is 30.3 Å². The van der Waals surface area contributed by atoms with E-state index in [-0.39, 0.29) is 35.2 Å². The van der Waals surface area contributed by atoms with Crippen LogP contribution in [-0.2, 0) is 17.6 Å². The number of ketones is 1. The molecule has 2 aromatic rings. The van der Waals surface area contributed by atoms with E-state index in [1.54, 1.807) is 18.2 Å². The highest BCUT2D eigenvalue weighted by molar-refractivity contribution is 5.89. The number of aromatic hydroxyl groups is 4. The molecule has 6 heteroatoms. The molecule has 0 bridgehead atoms. The summed E-state index contributed by atoms with van der Waals surface area (Å²) in [6.07, 6.45) is 4.45. The molecule has 2 rings (SSSR count). The molecule has 0 amide bonds. The SMILES string of the molecule is O=C(/C=C/CCc1ccc(O)c(O)c1)CC(O)CCc1ccc(O)c(O)c1. The minimum absolute atomic E-state index is 0.0144. The predicted molar refractivity (Wildman–Crippen MR) is 101 cm³/mol. The van der Waals surface area contributed by atoms with Gasteiger partial charge in [0, 0.05) is 6.42 Å². The molecule has 27 heavy (non-hydrogen) atoms. The fraction of sp³-hybridized carbons (Fsp3) is 0.286. The van der Waals surface area contributed by atoms with Crippen LogP contribution in [-0.4, -0.2) is 37.4 Å². The van der Waals surface area contributed by atoms with Crippen molar-refractivity contribution >= 4 is 5.78 Å². The second-order valence-corrected chi connectivity index (χ2v) is 6.45. The molecule has 0 aliphatic rings. The average molecular weight is 372 g/mol. The second kappa shape index (κ2) is 9.64. The number of aliphatic hydroxyl groups is 1. The lowest BCUT2D eigenvalue weighted by molar-refractivity contribution is -0.116. The Kier molecular flexibility index (Phi) is 7.25. The van der Waals surface area contributed by atoms with Crippen LogP contribution in [0.5, 0.6) is 23.0 Å². The molecule has 0 heterocycles. The highest BCUT2D eigenvalue weighted by atomic mass is 16.3. The fourth-order valence-corrected chi connectivity index (χ4v) is 2.65. The smallest absolute Gasteiger partial charge is 0.157 e. The third kappa shape index (κ3) is 6.67. The molecule has 1 atom stereocenters. The molecule has 0 aliphatic heterocycles. The van der Waals surface area contributed by atoms with Crippen molar-refractivity contribution in [1.82, 2.24) is 0 Å². The van der Waals surface area contributed by atoms with Gasteiger partial charge in [-0.3, -0.25) is 4.79 Å². The van der Waals surface area contributed by atoms with Crippen molar-refractivity contribution in [1.29, 1.82) is 0 Å². The first kappa shape index (κ1) is 20.3. The number of aryl methyl sites for hydroxylation is 2. The van der Waals surface area contributed by atoms with Crippen LogP contribution in [0.15, 0.2) is 48.6 Å². The van der Waals surface area contributed by atoms with Gasteiger partial charge in [0.1, 0.15) is 0 Å². The number of rotatable bonds is 9. The van der Waals surface area contributed by atoms with Crippen LogP contribution < -0.4 is 0 Å². The van der Waals surface area contributed by atoms with Crippen LogP contribution in [0.4, 0.5) is 0 Å². The van der Waals surface area contributed by atoms with E-state index in [2.05, 4.69) is 0 Å². The number of phenols is 4. The molecule has 2 aromatic carbocycles. The van der Waals surface area contributed by atoms with E-state index in [9.17, 15) is 30.3 Å². The van der Waals surface area contributed by atoms with Crippen LogP contribution in [0.25, 0.3) is 0 Å². The third-order valence-corrected chi connectivity index (χ3v) is 4.19. The van der Waals surface area contributed by atoms with Crippen molar-refractivity contribution < 1.29 is 30.3 Å². The van der Waals surface area contributed by atoms with Gasteiger partial charge in [-0.25, -0.2) is 0 Å². The molecule has 0 aliphatic carbocycles. The zero-order valence-electron chi connectivity index (χ0n) is 14.9. The molecule has 0 aromatic heterocycles. The summed E-state index contributed by atoms with van der Waals surface area (Å²) in [4.78, 5) is 11.9. The van der Waals surface area contributed by atoms with Crippen LogP contribution in [0.3, 0.4) is 0 Å². The number of hydrogen-bond acceptors (Lipinski definition) is 6. The summed E-state index contributed by atoms with van der Waals surface area (Å²) in [5, 5.41) is 47.4. The monoisotopic (exact) mass is 372 g/mol. The van der Waals surface area contributed by atoms with E-state index in [0.717, 1.165) is 11.1 Å². The maximum Gasteiger partial charge on any atom is 0.157 e. The van der Waals surface area contributed by atoms with Gasteiger partial charge in [-0.2, -0.15) is 0 Å². The maximum atomic E-state index is 11.9. The molecule has 5 N–H and O–H groups in total. The summed E-state index contributed by atoms with van der Waals surface area (Å²) in [7, 11) is 0. The van der Waals surface area contributed by atoms with Gasteiger partial charge in [-0.15, -0.1) is 0 Å². The molecule has 144 valence electrons. The molecule has 0 spiro atoms. The van der Waals surface area contributed by atoms with E-state index in [1.807, 2.05) is 0 Å². The van der Waals surface area contributed by atoms with E-state index in [4.69, 9.17) is 0 Å². The number of benzene rings is 2. The van der Waals surface area contributed by atoms with Crippen molar-refractivity contribution in [2.24, 2.45) is 0 Å². The summed E-state index contributed by atoms with van der Waals surface area (Å²) in [6.45, 7) is 0. The molecule has 0 saturated heterocycles. The number of aliphatic hydroxyl groups excluding tert-OH is 1. The van der Waals surface area contributed by atoms with Crippen LogP contribution in [0, 0.1) is 0 Å². The maximum absolute atomic E-state index is 11.9. The van der Waals surface area contributed by atoms with Crippen molar-refractivity contribution in [2.75, 3.05) is 0 Å². The number of carbonyl (C=O) groups is 1. The Morgan fingerprint density at radius 2 is 1.41 bits per heavy atom. The average Bonchev–Trinajstić information content (AvgIpc) is 2.62. The first-order valence-electron chi connectivity index (χ1n) is 8.74. The zero-order valence-corrected chi connectivity index (χ0v) is 14.9. The van der Waals surface area contributed by atoms with Crippen molar-refractivity contribution in [3.05, 3.63) is 59.7 Å². The Labute approximate surface area is 157 Å². The predicted octanol–water partition coefficient (Wildman–Crippen LogP) is 2.95. The van der Waals surface area contributed by atoms with E-state index in [0.29, 0.717) is 25.7 Å². The van der Waals surface area contributed by atoms with Gasteiger partial charge >= 0.3 is 0 Å². The first-order valence-corrected chi connectivity index (χ1v) is 8.74. The highest BCUT2D eigenvalue weighted by Crippen LogP contribution is 2.26. The van der Waals surface area contributed by atoms with Crippen LogP contribution in [0.2, 0.25) is 0 Å². The normalized spacial score (nSPS) is 12.3. The molecular weight excluding hydrogens is 348 g/mol.